The first-order valence-electron chi connectivity index (χ1n) is 4.73. The lowest BCUT2D eigenvalue weighted by Crippen LogP contribution is -1.97. The average Bonchev–Trinajstić information content (AvgIpc) is 2.70. The highest BCUT2D eigenvalue weighted by Crippen LogP contribution is 2.21. The maximum Gasteiger partial charge on any atom is 0.265 e. The number of carbonyl (C=O) groups is 1. The van der Waals surface area contributed by atoms with Crippen LogP contribution in [-0.2, 0) is 7.05 Å². The Balaban J connectivity index is 2.43. The Bertz CT molecular complexity index is 536. The fourth-order valence-electron chi connectivity index (χ4n) is 1.35. The van der Waals surface area contributed by atoms with Crippen LogP contribution in [0.25, 0.3) is 11.4 Å². The number of halogens is 2. The summed E-state index contributed by atoms with van der Waals surface area (Å²) < 4.78 is 25.9. The van der Waals surface area contributed by atoms with Crippen molar-refractivity contribution in [3.05, 3.63) is 29.6 Å². The number of aldehydes is 1. The van der Waals surface area contributed by atoms with Gasteiger partial charge in [0.25, 0.3) is 6.43 Å². The Hall–Kier alpha value is -2.18. The second-order valence-corrected chi connectivity index (χ2v) is 3.34. The minimum atomic E-state index is -2.57. The molecule has 7 heteroatoms. The number of aryl methyl sites for hydroxylation is 1. The van der Waals surface area contributed by atoms with Crippen LogP contribution in [0.2, 0.25) is 0 Å². The Morgan fingerprint density at radius 2 is 2.18 bits per heavy atom. The van der Waals surface area contributed by atoms with Crippen LogP contribution in [0.3, 0.4) is 0 Å². The summed E-state index contributed by atoms with van der Waals surface area (Å²) >= 11 is 0. The molecule has 2 heterocycles. The summed E-state index contributed by atoms with van der Waals surface area (Å²) in [6.07, 6.45) is -0.912. The smallest absolute Gasteiger partial charge is 0.265 e. The van der Waals surface area contributed by atoms with E-state index in [2.05, 4.69) is 15.3 Å². The van der Waals surface area contributed by atoms with Gasteiger partial charge in [-0.1, -0.05) is 5.21 Å². The largest absolute Gasteiger partial charge is 0.296 e. The summed E-state index contributed by atoms with van der Waals surface area (Å²) in [5, 5.41) is 7.43. The third-order valence-electron chi connectivity index (χ3n) is 2.26. The maximum atomic E-state index is 12.3. The van der Waals surface area contributed by atoms with Crippen molar-refractivity contribution in [1.29, 1.82) is 0 Å². The summed E-state index contributed by atoms with van der Waals surface area (Å²) in [5.41, 5.74) is 0.695. The van der Waals surface area contributed by atoms with E-state index < -0.39 is 6.43 Å². The molecule has 0 spiro atoms. The molecule has 0 saturated heterocycles. The predicted molar refractivity (Wildman–Crippen MR) is 54.6 cm³/mol. The Labute approximate surface area is 95.1 Å². The molecule has 0 aliphatic rings. The lowest BCUT2D eigenvalue weighted by molar-refractivity contribution is 0.111. The van der Waals surface area contributed by atoms with E-state index in [4.69, 9.17) is 0 Å². The molecule has 0 unspecified atom stereocenters. The normalized spacial score (nSPS) is 10.8. The van der Waals surface area contributed by atoms with Crippen molar-refractivity contribution >= 4 is 6.29 Å². The Morgan fingerprint density at radius 1 is 1.41 bits per heavy atom. The van der Waals surface area contributed by atoms with Crippen LogP contribution in [0, 0.1) is 0 Å². The summed E-state index contributed by atoms with van der Waals surface area (Å²) in [4.78, 5) is 14.6. The molecule has 88 valence electrons. The third kappa shape index (κ3) is 2.03. The molecule has 0 atom stereocenters. The van der Waals surface area contributed by atoms with Crippen LogP contribution < -0.4 is 0 Å². The average molecular weight is 238 g/mol. The van der Waals surface area contributed by atoms with Crippen molar-refractivity contribution in [2.45, 2.75) is 6.43 Å². The molecule has 0 saturated carbocycles. The zero-order chi connectivity index (χ0) is 12.4. The van der Waals surface area contributed by atoms with Gasteiger partial charge >= 0.3 is 0 Å². The molecule has 2 aromatic rings. The number of nitrogens with zero attached hydrogens (tertiary/aromatic N) is 4. The summed E-state index contributed by atoms with van der Waals surface area (Å²) in [5.74, 6) is 0. The van der Waals surface area contributed by atoms with Gasteiger partial charge in [-0.2, -0.15) is 0 Å². The van der Waals surface area contributed by atoms with Gasteiger partial charge < -0.3 is 0 Å². The fraction of sp³-hybridized carbons (Fsp3) is 0.200. The molecule has 0 fully saturated rings. The maximum absolute atomic E-state index is 12.3. The van der Waals surface area contributed by atoms with Crippen molar-refractivity contribution in [2.24, 2.45) is 7.05 Å². The van der Waals surface area contributed by atoms with E-state index in [0.717, 1.165) is 6.20 Å². The van der Waals surface area contributed by atoms with Gasteiger partial charge in [-0.25, -0.2) is 13.5 Å². The van der Waals surface area contributed by atoms with Gasteiger partial charge in [0.2, 0.25) is 0 Å². The van der Waals surface area contributed by atoms with Gasteiger partial charge in [0, 0.05) is 18.8 Å². The highest BCUT2D eigenvalue weighted by atomic mass is 19.3. The van der Waals surface area contributed by atoms with Crippen LogP contribution in [0.4, 0.5) is 8.78 Å². The van der Waals surface area contributed by atoms with Crippen LogP contribution in [0.15, 0.2) is 18.3 Å². The van der Waals surface area contributed by atoms with E-state index >= 15 is 0 Å². The van der Waals surface area contributed by atoms with Crippen LogP contribution >= 0.6 is 0 Å². The topological polar surface area (TPSA) is 60.7 Å². The summed E-state index contributed by atoms with van der Waals surface area (Å²) in [7, 11) is 1.56. The highest BCUT2D eigenvalue weighted by Gasteiger charge is 2.14. The van der Waals surface area contributed by atoms with E-state index in [0.29, 0.717) is 12.0 Å². The monoisotopic (exact) mass is 238 g/mol. The molecule has 2 rings (SSSR count). The first-order valence-corrected chi connectivity index (χ1v) is 4.73. The number of carbonyl (C=O) groups excluding carboxylic acids is 1. The Kier molecular flexibility index (Phi) is 2.90. The molecule has 5 nitrogen and oxygen atoms in total. The van der Waals surface area contributed by atoms with E-state index in [9.17, 15) is 13.6 Å². The summed E-state index contributed by atoms with van der Waals surface area (Å²) in [6, 6.07) is 2.63. The SMILES string of the molecule is Cn1nnc(-c2ccc(C(F)F)cn2)c1C=O. The highest BCUT2D eigenvalue weighted by molar-refractivity contribution is 5.82. The molecule has 0 bridgehead atoms. The first kappa shape index (κ1) is 11.3. The molecule has 2 aromatic heterocycles. The van der Waals surface area contributed by atoms with Gasteiger partial charge in [-0.3, -0.25) is 9.78 Å². The minimum Gasteiger partial charge on any atom is -0.296 e. The van der Waals surface area contributed by atoms with Crippen molar-refractivity contribution in [3.8, 4) is 11.4 Å². The van der Waals surface area contributed by atoms with Crippen molar-refractivity contribution in [3.63, 3.8) is 0 Å². The van der Waals surface area contributed by atoms with Crippen LogP contribution in [0.5, 0.6) is 0 Å². The number of pyridine rings is 1. The molecule has 0 aromatic carbocycles. The molecular weight excluding hydrogens is 230 g/mol. The summed E-state index contributed by atoms with van der Waals surface area (Å²) in [6.45, 7) is 0. The molecule has 0 N–H and O–H groups in total. The van der Waals surface area contributed by atoms with E-state index in [1.54, 1.807) is 7.05 Å². The number of aromatic nitrogens is 4. The van der Waals surface area contributed by atoms with E-state index in [1.807, 2.05) is 0 Å². The zero-order valence-electron chi connectivity index (χ0n) is 8.84. The number of hydrogen-bond donors (Lipinski definition) is 0. The van der Waals surface area contributed by atoms with Crippen molar-refractivity contribution in [2.75, 3.05) is 0 Å². The van der Waals surface area contributed by atoms with Crippen LogP contribution in [-0.4, -0.2) is 26.3 Å². The van der Waals surface area contributed by atoms with Gasteiger partial charge in [0.05, 0.1) is 5.69 Å². The first-order chi connectivity index (χ1) is 8.13. The molecule has 0 aliphatic heterocycles. The number of hydrogen-bond acceptors (Lipinski definition) is 4. The molecular formula is C10H8F2N4O. The van der Waals surface area contributed by atoms with E-state index in [1.165, 1.54) is 16.8 Å². The van der Waals surface area contributed by atoms with Crippen molar-refractivity contribution < 1.29 is 13.6 Å². The quantitative estimate of drug-likeness (QED) is 0.762. The second kappa shape index (κ2) is 4.36. The lowest BCUT2D eigenvalue weighted by atomic mass is 10.2. The molecule has 0 amide bonds. The Morgan fingerprint density at radius 3 is 2.71 bits per heavy atom. The second-order valence-electron chi connectivity index (χ2n) is 3.34. The van der Waals surface area contributed by atoms with Gasteiger partial charge in [0.1, 0.15) is 11.4 Å². The number of rotatable bonds is 3. The van der Waals surface area contributed by atoms with Gasteiger partial charge in [0.15, 0.2) is 6.29 Å². The zero-order valence-corrected chi connectivity index (χ0v) is 8.84. The molecule has 17 heavy (non-hydrogen) atoms. The van der Waals surface area contributed by atoms with Crippen molar-refractivity contribution in [1.82, 2.24) is 20.0 Å². The predicted octanol–water partition coefficient (Wildman–Crippen LogP) is 1.63. The fourth-order valence-corrected chi connectivity index (χ4v) is 1.35. The minimum absolute atomic E-state index is 0.176. The van der Waals surface area contributed by atoms with Crippen LogP contribution in [0.1, 0.15) is 22.5 Å². The molecule has 0 radical (unpaired) electrons. The van der Waals surface area contributed by atoms with Gasteiger partial charge in [-0.05, 0) is 12.1 Å². The standard InChI is InChI=1S/C10H8F2N4O/c1-16-8(5-17)9(14-15-16)7-3-2-6(4-13-7)10(11)12/h2-5,10H,1H3. The third-order valence-corrected chi connectivity index (χ3v) is 2.26. The number of alkyl halides is 2. The van der Waals surface area contributed by atoms with E-state index in [-0.39, 0.29) is 17.0 Å². The van der Waals surface area contributed by atoms with Gasteiger partial charge in [-0.15, -0.1) is 5.10 Å². The lowest BCUT2D eigenvalue weighted by Gasteiger charge is -2.00. The molecule has 0 aliphatic carbocycles.